The van der Waals surface area contributed by atoms with Gasteiger partial charge in [-0.15, -0.1) is 0 Å². The van der Waals surface area contributed by atoms with Gasteiger partial charge in [0.25, 0.3) is 11.1 Å². The van der Waals surface area contributed by atoms with Gasteiger partial charge in [-0.3, -0.25) is 14.5 Å². The summed E-state index contributed by atoms with van der Waals surface area (Å²) in [6, 6.07) is 12.0. The Morgan fingerprint density at radius 1 is 1.00 bits per heavy atom. The molecule has 0 saturated carbocycles. The van der Waals surface area contributed by atoms with Gasteiger partial charge in [0.1, 0.15) is 0 Å². The summed E-state index contributed by atoms with van der Waals surface area (Å²) in [5.74, 6) is -0.396. The number of nitrogens with one attached hydrogen (secondary N) is 1. The molecule has 8 heteroatoms. The Kier molecular flexibility index (Phi) is 5.59. The number of amides is 2. The number of thioether (sulfide) groups is 1. The van der Waals surface area contributed by atoms with Crippen LogP contribution in [0.2, 0.25) is 15.1 Å². The van der Waals surface area contributed by atoms with Crippen LogP contribution in [0.4, 0.5) is 10.5 Å². The molecular formula is C17H11Cl3N2O2S. The lowest BCUT2D eigenvalue weighted by molar-refractivity contribution is -0.122. The third kappa shape index (κ3) is 4.12. The first-order valence-corrected chi connectivity index (χ1v) is 9.09. The van der Waals surface area contributed by atoms with Gasteiger partial charge in [-0.25, -0.2) is 0 Å². The van der Waals surface area contributed by atoms with Gasteiger partial charge in [0.2, 0.25) is 0 Å². The molecule has 2 aromatic carbocycles. The number of nitrogens with zero attached hydrogens (tertiary/aromatic N) is 1. The highest BCUT2D eigenvalue weighted by molar-refractivity contribution is 8.18. The summed E-state index contributed by atoms with van der Waals surface area (Å²) in [5, 5.41) is 4.09. The second kappa shape index (κ2) is 7.70. The molecule has 2 amide bonds. The number of carbonyl (C=O) groups excluding carboxylic acids is 2. The predicted molar refractivity (Wildman–Crippen MR) is 104 cm³/mol. The first-order valence-electron chi connectivity index (χ1n) is 7.14. The standard InChI is InChI=1S/C17H11Cl3N2O2S/c18-10-4-6-11(7-5-10)21-9-22-16(23)15(25-17(22)24)8-12-13(19)2-1-3-14(12)20/h1-8,21H,9H2. The normalized spacial score (nSPS) is 16.0. The molecule has 0 aromatic heterocycles. The van der Waals surface area contributed by atoms with Crippen LogP contribution in [0.1, 0.15) is 5.56 Å². The van der Waals surface area contributed by atoms with Crippen LogP contribution in [0, 0.1) is 0 Å². The predicted octanol–water partition coefficient (Wildman–Crippen LogP) is 5.75. The van der Waals surface area contributed by atoms with Crippen molar-refractivity contribution in [2.75, 3.05) is 12.0 Å². The molecule has 0 radical (unpaired) electrons. The average molecular weight is 414 g/mol. The molecule has 0 aliphatic carbocycles. The summed E-state index contributed by atoms with van der Waals surface area (Å²) in [5.41, 5.74) is 1.27. The molecule has 25 heavy (non-hydrogen) atoms. The molecule has 3 rings (SSSR count). The number of carbonyl (C=O) groups is 2. The maximum atomic E-state index is 12.5. The van der Waals surface area contributed by atoms with Crippen LogP contribution in [0.3, 0.4) is 0 Å². The molecule has 2 aromatic rings. The summed E-state index contributed by atoms with van der Waals surface area (Å²) in [6.45, 7) is 0.0554. The number of anilines is 1. The average Bonchev–Trinajstić information content (AvgIpc) is 2.84. The highest BCUT2D eigenvalue weighted by atomic mass is 35.5. The molecule has 1 aliphatic rings. The Balaban J connectivity index is 1.76. The van der Waals surface area contributed by atoms with Crippen LogP contribution in [-0.4, -0.2) is 22.7 Å². The molecule has 1 heterocycles. The smallest absolute Gasteiger partial charge is 0.295 e. The zero-order chi connectivity index (χ0) is 18.0. The molecular weight excluding hydrogens is 403 g/mol. The summed E-state index contributed by atoms with van der Waals surface area (Å²) in [6.07, 6.45) is 1.54. The van der Waals surface area contributed by atoms with Gasteiger partial charge in [0.05, 0.1) is 11.6 Å². The van der Waals surface area contributed by atoms with Crippen molar-refractivity contribution in [1.29, 1.82) is 0 Å². The fourth-order valence-corrected chi connectivity index (χ4v) is 3.61. The fraction of sp³-hybridized carbons (Fsp3) is 0.0588. The molecule has 0 spiro atoms. The second-order valence-corrected chi connectivity index (χ2v) is 7.33. The molecule has 0 bridgehead atoms. The summed E-state index contributed by atoms with van der Waals surface area (Å²) in [4.78, 5) is 26.0. The number of imide groups is 1. The van der Waals surface area contributed by atoms with Crippen molar-refractivity contribution in [3.05, 3.63) is 68.0 Å². The van der Waals surface area contributed by atoms with Crippen molar-refractivity contribution in [3.63, 3.8) is 0 Å². The number of hydrogen-bond acceptors (Lipinski definition) is 4. The number of halogens is 3. The van der Waals surface area contributed by atoms with Crippen LogP contribution >= 0.6 is 46.6 Å². The highest BCUT2D eigenvalue weighted by Gasteiger charge is 2.35. The van der Waals surface area contributed by atoms with E-state index in [0.717, 1.165) is 22.3 Å². The van der Waals surface area contributed by atoms with Gasteiger partial charge in [0, 0.05) is 26.3 Å². The van der Waals surface area contributed by atoms with E-state index in [1.54, 1.807) is 42.5 Å². The van der Waals surface area contributed by atoms with Crippen molar-refractivity contribution in [2.45, 2.75) is 0 Å². The zero-order valence-electron chi connectivity index (χ0n) is 12.6. The Morgan fingerprint density at radius 2 is 1.64 bits per heavy atom. The van der Waals surface area contributed by atoms with Gasteiger partial charge in [-0.1, -0.05) is 40.9 Å². The minimum Gasteiger partial charge on any atom is -0.367 e. The minimum absolute atomic E-state index is 0.0554. The minimum atomic E-state index is -0.396. The van der Waals surface area contributed by atoms with E-state index >= 15 is 0 Å². The third-order valence-electron chi connectivity index (χ3n) is 3.43. The topological polar surface area (TPSA) is 49.4 Å². The van der Waals surface area contributed by atoms with Gasteiger partial charge >= 0.3 is 0 Å². The number of rotatable bonds is 4. The van der Waals surface area contributed by atoms with Crippen molar-refractivity contribution >= 4 is 69.5 Å². The Hall–Kier alpha value is -1.66. The zero-order valence-corrected chi connectivity index (χ0v) is 15.7. The van der Waals surface area contributed by atoms with Gasteiger partial charge in [-0.2, -0.15) is 0 Å². The SMILES string of the molecule is O=C1SC(=Cc2c(Cl)cccc2Cl)C(=O)N1CNc1ccc(Cl)cc1. The lowest BCUT2D eigenvalue weighted by atomic mass is 10.2. The Labute approximate surface area is 163 Å². The van der Waals surface area contributed by atoms with Crippen LogP contribution < -0.4 is 5.32 Å². The van der Waals surface area contributed by atoms with Crippen molar-refractivity contribution in [2.24, 2.45) is 0 Å². The Bertz CT molecular complexity index is 848. The number of hydrogen-bond donors (Lipinski definition) is 1. The Morgan fingerprint density at radius 3 is 2.28 bits per heavy atom. The van der Waals surface area contributed by atoms with E-state index in [-0.39, 0.29) is 16.8 Å². The monoisotopic (exact) mass is 412 g/mol. The molecule has 128 valence electrons. The quantitative estimate of drug-likeness (QED) is 0.648. The van der Waals surface area contributed by atoms with Crippen LogP contribution in [0.25, 0.3) is 6.08 Å². The molecule has 4 nitrogen and oxygen atoms in total. The van der Waals surface area contributed by atoms with E-state index in [0.29, 0.717) is 20.6 Å². The van der Waals surface area contributed by atoms with E-state index in [2.05, 4.69) is 5.32 Å². The number of benzene rings is 2. The molecule has 0 unspecified atom stereocenters. The van der Waals surface area contributed by atoms with Crippen molar-refractivity contribution < 1.29 is 9.59 Å². The van der Waals surface area contributed by atoms with E-state index in [4.69, 9.17) is 34.8 Å². The summed E-state index contributed by atoms with van der Waals surface area (Å²) in [7, 11) is 0. The highest BCUT2D eigenvalue weighted by Crippen LogP contribution is 2.35. The second-order valence-electron chi connectivity index (χ2n) is 5.09. The van der Waals surface area contributed by atoms with Crippen molar-refractivity contribution in [1.82, 2.24) is 4.90 Å². The van der Waals surface area contributed by atoms with E-state index in [1.165, 1.54) is 6.08 Å². The van der Waals surface area contributed by atoms with Crippen LogP contribution in [0.5, 0.6) is 0 Å². The maximum Gasteiger partial charge on any atom is 0.295 e. The molecule has 1 aliphatic heterocycles. The molecule has 1 fully saturated rings. The lowest BCUT2D eigenvalue weighted by Crippen LogP contribution is -2.33. The van der Waals surface area contributed by atoms with E-state index in [9.17, 15) is 9.59 Å². The van der Waals surface area contributed by atoms with Gasteiger partial charge in [0.15, 0.2) is 0 Å². The summed E-state index contributed by atoms with van der Waals surface area (Å²) < 4.78 is 0. The van der Waals surface area contributed by atoms with E-state index in [1.807, 2.05) is 0 Å². The van der Waals surface area contributed by atoms with E-state index < -0.39 is 5.91 Å². The first kappa shape index (κ1) is 18.1. The van der Waals surface area contributed by atoms with Crippen LogP contribution in [0.15, 0.2) is 47.4 Å². The largest absolute Gasteiger partial charge is 0.367 e. The summed E-state index contributed by atoms with van der Waals surface area (Å²) >= 11 is 18.9. The molecule has 1 saturated heterocycles. The fourth-order valence-electron chi connectivity index (χ4n) is 2.15. The molecule has 0 atom stereocenters. The van der Waals surface area contributed by atoms with Gasteiger partial charge in [-0.05, 0) is 54.2 Å². The first-order chi connectivity index (χ1) is 12.0. The van der Waals surface area contributed by atoms with Gasteiger partial charge < -0.3 is 5.32 Å². The molecule has 1 N–H and O–H groups in total. The van der Waals surface area contributed by atoms with Crippen molar-refractivity contribution in [3.8, 4) is 0 Å². The lowest BCUT2D eigenvalue weighted by Gasteiger charge is -2.14. The third-order valence-corrected chi connectivity index (χ3v) is 5.25. The maximum absolute atomic E-state index is 12.5. The van der Waals surface area contributed by atoms with Crippen LogP contribution in [-0.2, 0) is 4.79 Å².